The molecule has 0 saturated heterocycles. The number of nitrogens with one attached hydrogen (secondary N) is 1. The standard InChI is InChI=1S/C19H19N3O3/c1-12-16(19(23)25-3)17(13-8-4-5-10-15(13)24-2)22-18(21-12)14-9-6-7-11-20-14/h4-11,17H,1-3H3,(H,21,22). The molecule has 1 aliphatic rings. The van der Waals surface area contributed by atoms with Crippen molar-refractivity contribution in [2.75, 3.05) is 14.2 Å². The van der Waals surface area contributed by atoms with Gasteiger partial charge in [0.05, 0.1) is 19.8 Å². The highest BCUT2D eigenvalue weighted by molar-refractivity contribution is 6.02. The number of rotatable bonds is 4. The van der Waals surface area contributed by atoms with E-state index in [1.807, 2.05) is 49.4 Å². The van der Waals surface area contributed by atoms with Crippen LogP contribution in [0.4, 0.5) is 0 Å². The van der Waals surface area contributed by atoms with Gasteiger partial charge in [0.1, 0.15) is 17.5 Å². The molecule has 0 fully saturated rings. The van der Waals surface area contributed by atoms with Gasteiger partial charge in [-0.15, -0.1) is 0 Å². The van der Waals surface area contributed by atoms with E-state index in [9.17, 15) is 4.79 Å². The van der Waals surface area contributed by atoms with E-state index in [-0.39, 0.29) is 0 Å². The molecule has 1 aromatic heterocycles. The average Bonchev–Trinajstić information content (AvgIpc) is 2.67. The molecular weight excluding hydrogens is 318 g/mol. The van der Waals surface area contributed by atoms with E-state index in [0.29, 0.717) is 28.5 Å². The number of amidine groups is 1. The van der Waals surface area contributed by atoms with Crippen LogP contribution < -0.4 is 10.1 Å². The number of pyridine rings is 1. The van der Waals surface area contributed by atoms with E-state index in [0.717, 1.165) is 5.56 Å². The second-order valence-electron chi connectivity index (χ2n) is 5.49. The number of ether oxygens (including phenoxy) is 2. The summed E-state index contributed by atoms with van der Waals surface area (Å²) in [6.07, 6.45) is 1.70. The van der Waals surface area contributed by atoms with Crippen molar-refractivity contribution in [3.63, 3.8) is 0 Å². The van der Waals surface area contributed by atoms with Gasteiger partial charge in [-0.3, -0.25) is 9.98 Å². The van der Waals surface area contributed by atoms with Gasteiger partial charge < -0.3 is 14.8 Å². The summed E-state index contributed by atoms with van der Waals surface area (Å²) in [4.78, 5) is 21.4. The molecule has 0 aliphatic carbocycles. The molecule has 2 heterocycles. The zero-order chi connectivity index (χ0) is 17.8. The number of benzene rings is 1. The van der Waals surface area contributed by atoms with Crippen LogP contribution in [-0.4, -0.2) is 31.0 Å². The van der Waals surface area contributed by atoms with Crippen LogP contribution in [0.15, 0.2) is 64.9 Å². The Hall–Kier alpha value is -3.15. The number of carbonyl (C=O) groups excluding carboxylic acids is 1. The van der Waals surface area contributed by atoms with Gasteiger partial charge in [-0.05, 0) is 25.1 Å². The Morgan fingerprint density at radius 3 is 2.56 bits per heavy atom. The van der Waals surface area contributed by atoms with Gasteiger partial charge >= 0.3 is 5.97 Å². The van der Waals surface area contributed by atoms with E-state index in [2.05, 4.69) is 10.3 Å². The largest absolute Gasteiger partial charge is 0.496 e. The molecule has 1 aromatic carbocycles. The molecule has 128 valence electrons. The number of para-hydroxylation sites is 1. The quantitative estimate of drug-likeness (QED) is 0.868. The molecule has 0 bridgehead atoms. The first-order valence-corrected chi connectivity index (χ1v) is 7.84. The Kier molecular flexibility index (Phi) is 4.79. The molecule has 3 rings (SSSR count). The summed E-state index contributed by atoms with van der Waals surface area (Å²) in [6.45, 7) is 1.83. The predicted octanol–water partition coefficient (Wildman–Crippen LogP) is 2.63. The fourth-order valence-electron chi connectivity index (χ4n) is 2.80. The normalized spacial score (nSPS) is 16.8. The molecule has 0 saturated carbocycles. The summed E-state index contributed by atoms with van der Waals surface area (Å²) in [5, 5.41) is 3.16. The van der Waals surface area contributed by atoms with Crippen LogP contribution in [0.2, 0.25) is 0 Å². The number of aromatic nitrogens is 1. The summed E-state index contributed by atoms with van der Waals surface area (Å²) in [5.74, 6) is 0.833. The summed E-state index contributed by atoms with van der Waals surface area (Å²) in [5.41, 5.74) is 2.62. The minimum atomic E-state index is -0.540. The number of nitrogens with zero attached hydrogens (tertiary/aromatic N) is 2. The first kappa shape index (κ1) is 16.7. The molecule has 1 aliphatic heterocycles. The highest BCUT2D eigenvalue weighted by Gasteiger charge is 2.32. The molecule has 6 heteroatoms. The van der Waals surface area contributed by atoms with Crippen molar-refractivity contribution in [2.24, 2.45) is 4.99 Å². The van der Waals surface area contributed by atoms with Gasteiger partial charge in [-0.1, -0.05) is 24.3 Å². The Morgan fingerprint density at radius 2 is 1.88 bits per heavy atom. The smallest absolute Gasteiger partial charge is 0.338 e. The molecular formula is C19H19N3O3. The third-order valence-electron chi connectivity index (χ3n) is 3.99. The number of hydrogen-bond acceptors (Lipinski definition) is 6. The van der Waals surface area contributed by atoms with Gasteiger partial charge in [-0.2, -0.15) is 0 Å². The second-order valence-corrected chi connectivity index (χ2v) is 5.49. The van der Waals surface area contributed by atoms with Crippen LogP contribution in [0.5, 0.6) is 5.75 Å². The second kappa shape index (κ2) is 7.17. The third kappa shape index (κ3) is 3.24. The summed E-state index contributed by atoms with van der Waals surface area (Å²) < 4.78 is 10.4. The average molecular weight is 337 g/mol. The van der Waals surface area contributed by atoms with Crippen LogP contribution in [0.25, 0.3) is 0 Å². The number of esters is 1. The molecule has 6 nitrogen and oxygen atoms in total. The Bertz CT molecular complexity index is 844. The van der Waals surface area contributed by atoms with Gasteiger partial charge in [0, 0.05) is 17.5 Å². The Morgan fingerprint density at radius 1 is 1.12 bits per heavy atom. The van der Waals surface area contributed by atoms with E-state index in [1.54, 1.807) is 13.3 Å². The topological polar surface area (TPSA) is 72.8 Å². The lowest BCUT2D eigenvalue weighted by Crippen LogP contribution is -2.33. The van der Waals surface area contributed by atoms with Crippen molar-refractivity contribution >= 4 is 11.8 Å². The van der Waals surface area contributed by atoms with Crippen molar-refractivity contribution in [1.29, 1.82) is 0 Å². The number of carbonyl (C=O) groups is 1. The van der Waals surface area contributed by atoms with Crippen LogP contribution >= 0.6 is 0 Å². The first-order valence-electron chi connectivity index (χ1n) is 7.84. The van der Waals surface area contributed by atoms with E-state index in [1.165, 1.54) is 7.11 Å². The minimum absolute atomic E-state index is 0.426. The zero-order valence-corrected chi connectivity index (χ0v) is 14.3. The van der Waals surface area contributed by atoms with Crippen molar-refractivity contribution in [2.45, 2.75) is 13.0 Å². The highest BCUT2D eigenvalue weighted by Crippen LogP contribution is 2.36. The monoisotopic (exact) mass is 337 g/mol. The van der Waals surface area contributed by atoms with Crippen molar-refractivity contribution in [3.05, 3.63) is 71.2 Å². The number of aliphatic imine (C=N–C) groups is 1. The summed E-state index contributed by atoms with van der Waals surface area (Å²) in [6, 6.07) is 12.6. The predicted molar refractivity (Wildman–Crippen MR) is 94.4 cm³/mol. The van der Waals surface area contributed by atoms with Gasteiger partial charge in [0.25, 0.3) is 0 Å². The summed E-state index contributed by atoms with van der Waals surface area (Å²) >= 11 is 0. The molecule has 0 amide bonds. The molecule has 1 N–H and O–H groups in total. The highest BCUT2D eigenvalue weighted by atomic mass is 16.5. The maximum Gasteiger partial charge on any atom is 0.338 e. The number of allylic oxidation sites excluding steroid dienone is 1. The SMILES string of the molecule is COC(=O)C1=C(C)NC(c2ccccn2)=NC1c1ccccc1OC. The van der Waals surface area contributed by atoms with Crippen LogP contribution in [0.1, 0.15) is 24.2 Å². The third-order valence-corrected chi connectivity index (χ3v) is 3.99. The molecule has 1 unspecified atom stereocenters. The minimum Gasteiger partial charge on any atom is -0.496 e. The van der Waals surface area contributed by atoms with Crippen LogP contribution in [-0.2, 0) is 9.53 Å². The van der Waals surface area contributed by atoms with Crippen molar-refractivity contribution < 1.29 is 14.3 Å². The molecule has 0 spiro atoms. The van der Waals surface area contributed by atoms with Gasteiger partial charge in [-0.25, -0.2) is 4.79 Å². The molecule has 1 atom stereocenters. The fourth-order valence-corrected chi connectivity index (χ4v) is 2.80. The molecule has 2 aromatic rings. The molecule has 0 radical (unpaired) electrons. The van der Waals surface area contributed by atoms with Gasteiger partial charge in [0.2, 0.25) is 0 Å². The Balaban J connectivity index is 2.15. The number of methoxy groups -OCH3 is 2. The van der Waals surface area contributed by atoms with E-state index >= 15 is 0 Å². The Labute approximate surface area is 146 Å². The number of hydrogen-bond donors (Lipinski definition) is 1. The van der Waals surface area contributed by atoms with E-state index < -0.39 is 12.0 Å². The summed E-state index contributed by atoms with van der Waals surface area (Å²) in [7, 11) is 2.96. The lowest BCUT2D eigenvalue weighted by Gasteiger charge is -2.26. The fraction of sp³-hybridized carbons (Fsp3) is 0.211. The maximum atomic E-state index is 12.4. The first-order chi connectivity index (χ1) is 12.2. The van der Waals surface area contributed by atoms with E-state index in [4.69, 9.17) is 14.5 Å². The maximum absolute atomic E-state index is 12.4. The van der Waals surface area contributed by atoms with Crippen LogP contribution in [0.3, 0.4) is 0 Å². The van der Waals surface area contributed by atoms with Gasteiger partial charge in [0.15, 0.2) is 5.84 Å². The molecule has 25 heavy (non-hydrogen) atoms. The van der Waals surface area contributed by atoms with Crippen molar-refractivity contribution in [3.8, 4) is 5.75 Å². The zero-order valence-electron chi connectivity index (χ0n) is 14.3. The lowest BCUT2D eigenvalue weighted by atomic mass is 9.95. The lowest BCUT2D eigenvalue weighted by molar-refractivity contribution is -0.136. The van der Waals surface area contributed by atoms with Crippen LogP contribution in [0, 0.1) is 0 Å². The van der Waals surface area contributed by atoms with Crippen molar-refractivity contribution in [1.82, 2.24) is 10.3 Å².